The van der Waals surface area contributed by atoms with Crippen LogP contribution in [0, 0.1) is 12.8 Å². The first-order valence-corrected chi connectivity index (χ1v) is 8.31. The number of halogens is 1. The van der Waals surface area contributed by atoms with Gasteiger partial charge in [-0.05, 0) is 30.7 Å². The highest BCUT2D eigenvalue weighted by atomic mass is 35.5. The largest absolute Gasteiger partial charge is 0.493 e. The smallest absolute Gasteiger partial charge is 0.243 e. The van der Waals surface area contributed by atoms with Gasteiger partial charge in [0.2, 0.25) is 5.91 Å². The summed E-state index contributed by atoms with van der Waals surface area (Å²) in [6.45, 7) is 2.38. The maximum atomic E-state index is 12.7. The molecule has 3 unspecified atom stereocenters. The van der Waals surface area contributed by atoms with E-state index < -0.39 is 0 Å². The molecular formula is C18H18ClN3O2. The van der Waals surface area contributed by atoms with Crippen LogP contribution in [0.3, 0.4) is 0 Å². The maximum Gasteiger partial charge on any atom is 0.243 e. The number of amides is 1. The van der Waals surface area contributed by atoms with Crippen molar-refractivity contribution in [1.29, 1.82) is 0 Å². The Hall–Kier alpha value is -2.08. The molecule has 0 radical (unpaired) electrons. The molecule has 1 fully saturated rings. The number of fused-ring (bicyclic) bond motifs is 3. The first-order valence-electron chi connectivity index (χ1n) is 7.94. The Bertz CT molecular complexity index is 796. The van der Waals surface area contributed by atoms with Crippen LogP contribution in [-0.2, 0) is 4.79 Å². The number of para-hydroxylation sites is 1. The number of hydrogen-bond donors (Lipinski definition) is 3. The van der Waals surface area contributed by atoms with E-state index in [0.717, 1.165) is 22.6 Å². The lowest BCUT2D eigenvalue weighted by Gasteiger charge is -2.29. The second-order valence-electron chi connectivity index (χ2n) is 6.16. The second-order valence-corrected chi connectivity index (χ2v) is 6.57. The van der Waals surface area contributed by atoms with Crippen LogP contribution >= 0.6 is 11.6 Å². The lowest BCUT2D eigenvalue weighted by Crippen LogP contribution is -2.43. The predicted molar refractivity (Wildman–Crippen MR) is 93.0 cm³/mol. The van der Waals surface area contributed by atoms with Crippen LogP contribution in [0.1, 0.15) is 17.2 Å². The fourth-order valence-corrected chi connectivity index (χ4v) is 3.53. The zero-order valence-electron chi connectivity index (χ0n) is 13.2. The molecule has 2 aliphatic heterocycles. The number of anilines is 1. The molecule has 1 saturated heterocycles. The number of hydrazine groups is 1. The van der Waals surface area contributed by atoms with Gasteiger partial charge in [0.05, 0.1) is 12.6 Å². The summed E-state index contributed by atoms with van der Waals surface area (Å²) in [5.74, 6) is 0.808. The van der Waals surface area contributed by atoms with Crippen LogP contribution in [0.15, 0.2) is 42.5 Å². The van der Waals surface area contributed by atoms with Crippen molar-refractivity contribution in [3.63, 3.8) is 0 Å². The van der Waals surface area contributed by atoms with Crippen LogP contribution in [0.5, 0.6) is 5.75 Å². The molecule has 0 spiro atoms. The van der Waals surface area contributed by atoms with Gasteiger partial charge >= 0.3 is 0 Å². The number of hydrogen-bond acceptors (Lipinski definition) is 4. The summed E-state index contributed by atoms with van der Waals surface area (Å²) < 4.78 is 5.83. The Balaban J connectivity index is 1.54. The SMILES string of the molecule is Cc1c(Cl)cccc1NC(=O)C1NNC2c3ccccc3OCC12. The van der Waals surface area contributed by atoms with Gasteiger partial charge in [-0.25, -0.2) is 10.9 Å². The number of nitrogens with one attached hydrogen (secondary N) is 3. The second kappa shape index (κ2) is 6.09. The Morgan fingerprint density at radius 1 is 1.21 bits per heavy atom. The topological polar surface area (TPSA) is 62.4 Å². The molecule has 5 nitrogen and oxygen atoms in total. The maximum absolute atomic E-state index is 12.7. The molecule has 3 atom stereocenters. The Morgan fingerprint density at radius 2 is 2.04 bits per heavy atom. The molecule has 24 heavy (non-hydrogen) atoms. The number of carbonyl (C=O) groups excluding carboxylic acids is 1. The molecule has 0 aromatic heterocycles. The predicted octanol–water partition coefficient (Wildman–Crippen LogP) is 2.81. The lowest BCUT2D eigenvalue weighted by atomic mass is 9.87. The van der Waals surface area contributed by atoms with Crippen molar-refractivity contribution < 1.29 is 9.53 Å². The fourth-order valence-electron chi connectivity index (χ4n) is 3.36. The third-order valence-corrected chi connectivity index (χ3v) is 5.15. The minimum absolute atomic E-state index is 0.0272. The van der Waals surface area contributed by atoms with Gasteiger partial charge in [0.1, 0.15) is 11.8 Å². The van der Waals surface area contributed by atoms with Crippen LogP contribution in [0.2, 0.25) is 5.02 Å². The summed E-state index contributed by atoms with van der Waals surface area (Å²) in [6, 6.07) is 13.1. The summed E-state index contributed by atoms with van der Waals surface area (Å²) in [5.41, 5.74) is 9.03. The Labute approximate surface area is 145 Å². The molecule has 2 aromatic carbocycles. The van der Waals surface area contributed by atoms with Gasteiger partial charge in [-0.2, -0.15) is 0 Å². The average Bonchev–Trinajstić information content (AvgIpc) is 3.03. The zero-order valence-corrected chi connectivity index (χ0v) is 13.9. The normalized spacial score (nSPS) is 24.7. The molecule has 0 bridgehead atoms. The molecule has 2 heterocycles. The summed E-state index contributed by atoms with van der Waals surface area (Å²) in [4.78, 5) is 12.7. The van der Waals surface area contributed by atoms with Gasteiger partial charge in [0, 0.05) is 22.2 Å². The van der Waals surface area contributed by atoms with E-state index in [4.69, 9.17) is 16.3 Å². The van der Waals surface area contributed by atoms with Crippen molar-refractivity contribution in [1.82, 2.24) is 10.9 Å². The van der Waals surface area contributed by atoms with E-state index in [1.54, 1.807) is 0 Å². The fraction of sp³-hybridized carbons (Fsp3) is 0.278. The van der Waals surface area contributed by atoms with Crippen LogP contribution in [0.4, 0.5) is 5.69 Å². The standard InChI is InChI=1S/C18H18ClN3O2/c1-10-13(19)6-4-7-14(10)20-18(23)17-12-9-24-15-8-3-2-5-11(15)16(12)21-22-17/h2-8,12,16-17,21-22H,9H2,1H3,(H,20,23). The first-order chi connectivity index (χ1) is 11.6. The zero-order chi connectivity index (χ0) is 16.7. The van der Waals surface area contributed by atoms with Crippen LogP contribution in [0.25, 0.3) is 0 Å². The van der Waals surface area contributed by atoms with E-state index in [1.807, 2.05) is 49.4 Å². The highest BCUT2D eigenvalue weighted by Gasteiger charge is 2.44. The number of rotatable bonds is 2. The van der Waals surface area contributed by atoms with Gasteiger partial charge in [-0.15, -0.1) is 0 Å². The van der Waals surface area contributed by atoms with E-state index in [1.165, 1.54) is 0 Å². The van der Waals surface area contributed by atoms with E-state index in [-0.39, 0.29) is 23.9 Å². The number of ether oxygens (including phenoxy) is 1. The van der Waals surface area contributed by atoms with E-state index in [9.17, 15) is 4.79 Å². The van der Waals surface area contributed by atoms with Gasteiger partial charge < -0.3 is 10.1 Å². The van der Waals surface area contributed by atoms with Gasteiger partial charge in [-0.3, -0.25) is 4.79 Å². The van der Waals surface area contributed by atoms with E-state index in [2.05, 4.69) is 16.2 Å². The van der Waals surface area contributed by atoms with Gasteiger partial charge in [-0.1, -0.05) is 35.9 Å². The van der Waals surface area contributed by atoms with Crippen molar-refractivity contribution in [2.45, 2.75) is 19.0 Å². The molecule has 0 saturated carbocycles. The van der Waals surface area contributed by atoms with Crippen LogP contribution < -0.4 is 20.9 Å². The summed E-state index contributed by atoms with van der Waals surface area (Å²) in [5, 5.41) is 3.61. The third-order valence-electron chi connectivity index (χ3n) is 4.74. The highest BCUT2D eigenvalue weighted by Crippen LogP contribution is 2.39. The summed E-state index contributed by atoms with van der Waals surface area (Å²) >= 11 is 6.12. The van der Waals surface area contributed by atoms with Crippen LogP contribution in [-0.4, -0.2) is 18.6 Å². The van der Waals surface area contributed by atoms with Crippen molar-refractivity contribution in [3.8, 4) is 5.75 Å². The summed E-state index contributed by atoms with van der Waals surface area (Å²) in [6.07, 6.45) is 0. The molecule has 2 aliphatic rings. The minimum atomic E-state index is -0.373. The molecular weight excluding hydrogens is 326 g/mol. The summed E-state index contributed by atoms with van der Waals surface area (Å²) in [7, 11) is 0. The molecule has 4 rings (SSSR count). The van der Waals surface area contributed by atoms with Crippen molar-refractivity contribution in [2.75, 3.05) is 11.9 Å². The number of carbonyl (C=O) groups is 1. The Morgan fingerprint density at radius 3 is 2.92 bits per heavy atom. The first kappa shape index (κ1) is 15.4. The molecule has 124 valence electrons. The third kappa shape index (κ3) is 2.55. The monoisotopic (exact) mass is 343 g/mol. The average molecular weight is 344 g/mol. The highest BCUT2D eigenvalue weighted by molar-refractivity contribution is 6.31. The van der Waals surface area contributed by atoms with E-state index >= 15 is 0 Å². The van der Waals surface area contributed by atoms with Crippen molar-refractivity contribution in [3.05, 3.63) is 58.6 Å². The van der Waals surface area contributed by atoms with Gasteiger partial charge in [0.15, 0.2) is 0 Å². The number of benzene rings is 2. The molecule has 1 amide bonds. The van der Waals surface area contributed by atoms with E-state index in [0.29, 0.717) is 11.6 Å². The van der Waals surface area contributed by atoms with Gasteiger partial charge in [0.25, 0.3) is 0 Å². The molecule has 3 N–H and O–H groups in total. The molecule has 6 heteroatoms. The Kier molecular flexibility index (Phi) is 3.92. The molecule has 0 aliphatic carbocycles. The van der Waals surface area contributed by atoms with Crippen molar-refractivity contribution in [2.24, 2.45) is 5.92 Å². The molecule has 2 aromatic rings. The quantitative estimate of drug-likeness (QED) is 0.784. The van der Waals surface area contributed by atoms with Crippen molar-refractivity contribution >= 4 is 23.2 Å². The minimum Gasteiger partial charge on any atom is -0.493 e. The lowest BCUT2D eigenvalue weighted by molar-refractivity contribution is -0.119.